The third-order valence-electron chi connectivity index (χ3n) is 9.12. The molecular formula is C55H84O6. The number of carbonyl (C=O) groups excluding carboxylic acids is 3. The molecule has 0 rings (SSSR count). The van der Waals surface area contributed by atoms with Crippen molar-refractivity contribution in [3.8, 4) is 0 Å². The van der Waals surface area contributed by atoms with Gasteiger partial charge in [-0.15, -0.1) is 0 Å². The Morgan fingerprint density at radius 2 is 0.639 bits per heavy atom. The summed E-state index contributed by atoms with van der Waals surface area (Å²) < 4.78 is 16.6. The summed E-state index contributed by atoms with van der Waals surface area (Å²) >= 11 is 0. The third-order valence-corrected chi connectivity index (χ3v) is 9.12. The molecule has 0 aromatic carbocycles. The summed E-state index contributed by atoms with van der Waals surface area (Å²) in [6, 6.07) is 0. The van der Waals surface area contributed by atoms with Gasteiger partial charge < -0.3 is 14.2 Å². The van der Waals surface area contributed by atoms with Crippen LogP contribution >= 0.6 is 0 Å². The predicted octanol–water partition coefficient (Wildman–Crippen LogP) is 15.5. The first-order chi connectivity index (χ1) is 30.0. The van der Waals surface area contributed by atoms with Crippen molar-refractivity contribution < 1.29 is 28.6 Å². The fourth-order valence-electron chi connectivity index (χ4n) is 5.62. The van der Waals surface area contributed by atoms with Crippen LogP contribution < -0.4 is 0 Å². The number of rotatable bonds is 40. The van der Waals surface area contributed by atoms with Crippen LogP contribution in [0.2, 0.25) is 0 Å². The zero-order valence-electron chi connectivity index (χ0n) is 38.6. The fraction of sp³-hybridized carbons (Fsp3) is 0.545. The van der Waals surface area contributed by atoms with E-state index in [1.165, 1.54) is 25.7 Å². The molecule has 0 heterocycles. The summed E-state index contributed by atoms with van der Waals surface area (Å²) in [5.41, 5.74) is 0. The molecule has 6 nitrogen and oxygen atoms in total. The molecule has 0 bridgehead atoms. The van der Waals surface area contributed by atoms with Gasteiger partial charge in [0.25, 0.3) is 0 Å². The lowest BCUT2D eigenvalue weighted by Crippen LogP contribution is -2.30. The Hall–Kier alpha value is -4.45. The highest BCUT2D eigenvalue weighted by atomic mass is 16.6. The second-order valence-corrected chi connectivity index (χ2v) is 14.9. The average Bonchev–Trinajstić information content (AvgIpc) is 3.26. The molecule has 0 N–H and O–H groups in total. The summed E-state index contributed by atoms with van der Waals surface area (Å²) in [5, 5.41) is 0. The van der Waals surface area contributed by atoms with E-state index in [0.29, 0.717) is 19.3 Å². The van der Waals surface area contributed by atoms with Crippen LogP contribution in [0.25, 0.3) is 0 Å². The first-order valence-electron chi connectivity index (χ1n) is 23.7. The summed E-state index contributed by atoms with van der Waals surface area (Å²) in [7, 11) is 0. The summed E-state index contributed by atoms with van der Waals surface area (Å²) in [4.78, 5) is 37.7. The van der Waals surface area contributed by atoms with Gasteiger partial charge in [-0.2, -0.15) is 0 Å². The molecule has 6 heteroatoms. The molecule has 0 aliphatic heterocycles. The number of allylic oxidation sites excluding steroid dienone is 22. The highest BCUT2D eigenvalue weighted by Gasteiger charge is 2.19. The molecule has 61 heavy (non-hydrogen) atoms. The number of esters is 3. The van der Waals surface area contributed by atoms with Crippen molar-refractivity contribution in [2.45, 2.75) is 181 Å². The van der Waals surface area contributed by atoms with Crippen molar-refractivity contribution in [3.05, 3.63) is 134 Å². The first kappa shape index (κ1) is 56.5. The molecule has 0 amide bonds. The van der Waals surface area contributed by atoms with Gasteiger partial charge in [-0.25, -0.2) is 0 Å². The summed E-state index contributed by atoms with van der Waals surface area (Å²) in [6.45, 7) is 6.20. The Bertz CT molecular complexity index is 1380. The van der Waals surface area contributed by atoms with Gasteiger partial charge in [0.2, 0.25) is 0 Å². The van der Waals surface area contributed by atoms with Crippen molar-refractivity contribution in [1.82, 2.24) is 0 Å². The second kappa shape index (κ2) is 48.2. The van der Waals surface area contributed by atoms with Gasteiger partial charge in [-0.1, -0.05) is 167 Å². The highest BCUT2D eigenvalue weighted by molar-refractivity contribution is 5.71. The number of unbranched alkanes of at least 4 members (excludes halogenated alkanes) is 7. The Balaban J connectivity index is 4.59. The van der Waals surface area contributed by atoms with E-state index >= 15 is 0 Å². The van der Waals surface area contributed by atoms with Crippen molar-refractivity contribution in [3.63, 3.8) is 0 Å². The van der Waals surface area contributed by atoms with Crippen molar-refractivity contribution >= 4 is 17.9 Å². The number of carbonyl (C=O) groups is 3. The zero-order valence-corrected chi connectivity index (χ0v) is 38.6. The number of hydrogen-bond acceptors (Lipinski definition) is 6. The van der Waals surface area contributed by atoms with E-state index in [9.17, 15) is 14.4 Å². The fourth-order valence-corrected chi connectivity index (χ4v) is 5.62. The van der Waals surface area contributed by atoms with E-state index in [2.05, 4.69) is 154 Å². The van der Waals surface area contributed by atoms with Crippen LogP contribution in [0.4, 0.5) is 0 Å². The van der Waals surface area contributed by atoms with Gasteiger partial charge in [-0.05, 0) is 122 Å². The van der Waals surface area contributed by atoms with E-state index in [1.54, 1.807) is 0 Å². The molecule has 0 saturated heterocycles. The van der Waals surface area contributed by atoms with Gasteiger partial charge in [0.05, 0.1) is 0 Å². The Kier molecular flexibility index (Phi) is 44.7. The van der Waals surface area contributed by atoms with Crippen molar-refractivity contribution in [2.75, 3.05) is 13.2 Å². The largest absolute Gasteiger partial charge is 0.462 e. The van der Waals surface area contributed by atoms with Crippen LogP contribution in [0.5, 0.6) is 0 Å². The molecule has 0 aromatic rings. The molecule has 0 aromatic heterocycles. The maximum absolute atomic E-state index is 12.7. The van der Waals surface area contributed by atoms with Gasteiger partial charge in [0, 0.05) is 19.3 Å². The first-order valence-corrected chi connectivity index (χ1v) is 23.7. The Labute approximate surface area is 373 Å². The van der Waals surface area contributed by atoms with Crippen LogP contribution in [0.15, 0.2) is 134 Å². The predicted molar refractivity (Wildman–Crippen MR) is 260 cm³/mol. The standard InChI is InChI=1S/C55H84O6/c1-4-7-10-13-16-19-21-23-25-27-29-31-33-36-39-42-45-48-54(57)60-51-52(50-59-53(56)47-44-41-38-35-18-15-12-9-6-3)61-55(58)49-46-43-40-37-34-32-30-28-26-24-22-20-17-14-11-8-5-2/h7,9-10,12,16-20,23-26,29-32,35-37,39-40,52H,4-6,8,11,13-15,21-22,27-28,33-34,38,41-51H2,1-3H3/b10-7-,12-9-,19-16-,20-17-,25-23-,26-24-,31-29-,32-30-,35-18-,39-36-,40-37-. The van der Waals surface area contributed by atoms with E-state index in [1.807, 2.05) is 0 Å². The van der Waals surface area contributed by atoms with E-state index in [0.717, 1.165) is 89.9 Å². The van der Waals surface area contributed by atoms with Crippen LogP contribution in [0.1, 0.15) is 175 Å². The van der Waals surface area contributed by atoms with Crippen molar-refractivity contribution in [1.29, 1.82) is 0 Å². The molecule has 0 aliphatic rings. The number of ether oxygens (including phenoxy) is 3. The minimum absolute atomic E-state index is 0.140. The molecule has 340 valence electrons. The van der Waals surface area contributed by atoms with E-state index in [4.69, 9.17) is 14.2 Å². The lowest BCUT2D eigenvalue weighted by Gasteiger charge is -2.18. The van der Waals surface area contributed by atoms with Crippen LogP contribution in [-0.4, -0.2) is 37.2 Å². The monoisotopic (exact) mass is 841 g/mol. The molecule has 1 atom stereocenters. The van der Waals surface area contributed by atoms with Crippen LogP contribution in [-0.2, 0) is 28.6 Å². The highest BCUT2D eigenvalue weighted by Crippen LogP contribution is 2.09. The second-order valence-electron chi connectivity index (χ2n) is 14.9. The normalized spacial score (nSPS) is 13.3. The lowest BCUT2D eigenvalue weighted by atomic mass is 10.2. The average molecular weight is 841 g/mol. The van der Waals surface area contributed by atoms with E-state index in [-0.39, 0.29) is 44.4 Å². The maximum atomic E-state index is 12.7. The summed E-state index contributed by atoms with van der Waals surface area (Å²) in [5.74, 6) is -1.11. The SMILES string of the molecule is CC/C=C\C/C=C\C/C=C\C/C=C\C/C=C\CCCC(=O)OCC(COC(=O)CCCC/C=C\C/C=C\CC)OC(=O)CCC/C=C\C/C=C\C/C=C\C/C=C\CCCCC. The topological polar surface area (TPSA) is 78.9 Å². The molecule has 0 aliphatic carbocycles. The Morgan fingerprint density at radius 3 is 1.00 bits per heavy atom. The smallest absolute Gasteiger partial charge is 0.306 e. The van der Waals surface area contributed by atoms with Crippen molar-refractivity contribution in [2.24, 2.45) is 0 Å². The quantitative estimate of drug-likeness (QED) is 0.0265. The molecule has 0 radical (unpaired) electrons. The van der Waals surface area contributed by atoms with Gasteiger partial charge in [0.15, 0.2) is 6.10 Å². The molecule has 0 saturated carbocycles. The van der Waals surface area contributed by atoms with Crippen LogP contribution in [0, 0.1) is 0 Å². The molecule has 0 spiro atoms. The zero-order chi connectivity index (χ0) is 44.4. The Morgan fingerprint density at radius 1 is 0.344 bits per heavy atom. The maximum Gasteiger partial charge on any atom is 0.306 e. The van der Waals surface area contributed by atoms with Gasteiger partial charge in [0.1, 0.15) is 13.2 Å². The van der Waals surface area contributed by atoms with Gasteiger partial charge in [-0.3, -0.25) is 14.4 Å². The number of hydrogen-bond donors (Lipinski definition) is 0. The third kappa shape index (κ3) is 46.5. The minimum Gasteiger partial charge on any atom is -0.462 e. The van der Waals surface area contributed by atoms with Gasteiger partial charge >= 0.3 is 17.9 Å². The molecular weight excluding hydrogens is 757 g/mol. The summed E-state index contributed by atoms with van der Waals surface area (Å²) in [6.07, 6.45) is 67.4. The van der Waals surface area contributed by atoms with Crippen LogP contribution in [0.3, 0.4) is 0 Å². The molecule has 1 unspecified atom stereocenters. The van der Waals surface area contributed by atoms with E-state index < -0.39 is 12.1 Å². The molecule has 0 fully saturated rings. The lowest BCUT2D eigenvalue weighted by molar-refractivity contribution is -0.167. The minimum atomic E-state index is -0.845.